The Morgan fingerprint density at radius 2 is 1.94 bits per heavy atom. The van der Waals surface area contributed by atoms with Gasteiger partial charge in [-0.3, -0.25) is 19.8 Å². The third-order valence-electron chi connectivity index (χ3n) is 7.12. The first kappa shape index (κ1) is 25.2. The molecule has 194 valence electrons. The number of amides is 1. The van der Waals surface area contributed by atoms with Crippen LogP contribution in [-0.2, 0) is 22.6 Å². The van der Waals surface area contributed by atoms with Gasteiger partial charge in [0.25, 0.3) is 5.91 Å². The fourth-order valence-electron chi connectivity index (χ4n) is 5.02. The van der Waals surface area contributed by atoms with Gasteiger partial charge in [-0.2, -0.15) is 4.98 Å². The van der Waals surface area contributed by atoms with E-state index in [1.165, 1.54) is 0 Å². The van der Waals surface area contributed by atoms with Crippen molar-refractivity contribution in [2.75, 3.05) is 52.5 Å². The Balaban J connectivity index is 1.26. The van der Waals surface area contributed by atoms with Crippen molar-refractivity contribution in [2.45, 2.75) is 32.9 Å². The number of nitrogens with zero attached hydrogens (tertiary/aromatic N) is 6. The Labute approximate surface area is 215 Å². The minimum atomic E-state index is -0.274. The van der Waals surface area contributed by atoms with E-state index in [1.807, 2.05) is 17.0 Å². The van der Waals surface area contributed by atoms with Gasteiger partial charge in [-0.1, -0.05) is 28.9 Å². The van der Waals surface area contributed by atoms with Crippen LogP contribution in [0, 0.1) is 5.92 Å². The number of ether oxygens (including phenoxy) is 1. The first-order valence-electron chi connectivity index (χ1n) is 12.6. The number of aromatic nitrogens is 3. The minimum Gasteiger partial charge on any atom is -0.381 e. The summed E-state index contributed by atoms with van der Waals surface area (Å²) in [6.07, 6.45) is 4.19. The van der Waals surface area contributed by atoms with Gasteiger partial charge in [-0.05, 0) is 31.7 Å². The van der Waals surface area contributed by atoms with Crippen LogP contribution in [0.5, 0.6) is 0 Å². The molecule has 1 amide bonds. The smallest absolute Gasteiger partial charge is 0.260 e. The van der Waals surface area contributed by atoms with E-state index in [0.717, 1.165) is 80.3 Å². The number of carbonyl (C=O) groups excluding carboxylic acids is 1. The number of likely N-dealkylation sites (N-methyl/N-ethyl adjacent to an activating group) is 1. The summed E-state index contributed by atoms with van der Waals surface area (Å²) in [7, 11) is 0. The number of hydroxylamine groups is 2. The van der Waals surface area contributed by atoms with Crippen molar-refractivity contribution in [2.24, 2.45) is 5.92 Å². The van der Waals surface area contributed by atoms with Crippen LogP contribution in [0.15, 0.2) is 28.9 Å². The zero-order valence-corrected chi connectivity index (χ0v) is 21.4. The highest BCUT2D eigenvalue weighted by Crippen LogP contribution is 2.34. The van der Waals surface area contributed by atoms with Gasteiger partial charge in [0, 0.05) is 69.6 Å². The molecule has 1 aromatic carbocycles. The lowest BCUT2D eigenvalue weighted by Crippen LogP contribution is -2.49. The molecule has 0 saturated carbocycles. The fourth-order valence-corrected chi connectivity index (χ4v) is 5.30. The zero-order chi connectivity index (χ0) is 25.1. The number of fused-ring (bicyclic) bond motifs is 1. The van der Waals surface area contributed by atoms with Crippen LogP contribution < -0.4 is 0 Å². The van der Waals surface area contributed by atoms with Gasteiger partial charge in [0.1, 0.15) is 0 Å². The van der Waals surface area contributed by atoms with E-state index in [2.05, 4.69) is 26.9 Å². The number of hydrogen-bond donors (Lipinski definition) is 1. The lowest BCUT2D eigenvalue weighted by molar-refractivity contribution is -0.165. The minimum absolute atomic E-state index is 0.226. The first-order valence-corrected chi connectivity index (χ1v) is 13.0. The Kier molecular flexibility index (Phi) is 7.87. The predicted octanol–water partition coefficient (Wildman–Crippen LogP) is 3.13. The molecule has 2 aliphatic heterocycles. The summed E-state index contributed by atoms with van der Waals surface area (Å²) in [6, 6.07) is 5.93. The van der Waals surface area contributed by atoms with Crippen molar-refractivity contribution in [3.63, 3.8) is 0 Å². The van der Waals surface area contributed by atoms with Crippen LogP contribution in [0.25, 0.3) is 22.3 Å². The molecule has 0 aliphatic carbocycles. The van der Waals surface area contributed by atoms with Crippen molar-refractivity contribution in [3.8, 4) is 11.4 Å². The maximum atomic E-state index is 12.0. The summed E-state index contributed by atoms with van der Waals surface area (Å²) in [5, 5.41) is 16.4. The van der Waals surface area contributed by atoms with E-state index in [0.29, 0.717) is 35.7 Å². The number of carbonyl (C=O) groups is 1. The molecule has 11 heteroatoms. The van der Waals surface area contributed by atoms with Crippen molar-refractivity contribution < 1.29 is 19.3 Å². The molecule has 0 radical (unpaired) electrons. The Bertz CT molecular complexity index is 1180. The van der Waals surface area contributed by atoms with Gasteiger partial charge in [-0.25, -0.2) is 5.06 Å². The van der Waals surface area contributed by atoms with E-state index in [1.54, 1.807) is 6.92 Å². The van der Waals surface area contributed by atoms with Gasteiger partial charge in [0.15, 0.2) is 0 Å². The van der Waals surface area contributed by atoms with Crippen LogP contribution in [0.1, 0.15) is 25.7 Å². The van der Waals surface area contributed by atoms with Crippen molar-refractivity contribution in [1.82, 2.24) is 29.6 Å². The van der Waals surface area contributed by atoms with Crippen LogP contribution in [0.3, 0.4) is 0 Å². The Morgan fingerprint density at radius 1 is 1.19 bits per heavy atom. The second kappa shape index (κ2) is 11.3. The second-order valence-electron chi connectivity index (χ2n) is 9.56. The molecule has 0 atom stereocenters. The lowest BCUT2D eigenvalue weighted by atomic mass is 10.0. The summed E-state index contributed by atoms with van der Waals surface area (Å²) in [5.74, 6) is 1.41. The van der Waals surface area contributed by atoms with Crippen LogP contribution in [-0.4, -0.2) is 93.2 Å². The monoisotopic (exact) mass is 516 g/mol. The molecule has 3 aromatic rings. The molecule has 5 rings (SSSR count). The normalized spacial score (nSPS) is 18.2. The fraction of sp³-hybridized carbons (Fsp3) is 0.560. The Morgan fingerprint density at radius 3 is 2.69 bits per heavy atom. The van der Waals surface area contributed by atoms with E-state index >= 15 is 0 Å². The molecular formula is C25H33ClN6O4. The first-order chi connectivity index (χ1) is 17.5. The predicted molar refractivity (Wildman–Crippen MR) is 135 cm³/mol. The molecule has 2 aromatic heterocycles. The van der Waals surface area contributed by atoms with E-state index in [-0.39, 0.29) is 12.5 Å². The van der Waals surface area contributed by atoms with Crippen molar-refractivity contribution >= 4 is 28.4 Å². The van der Waals surface area contributed by atoms with E-state index in [4.69, 9.17) is 25.8 Å². The standard InChI is InChI=1S/C25H33ClN6O4/c1-2-32(34)23(33)17-30-10-8-29(9-11-30)16-22-27-25(28-36-22)20-15-31(14-18-6-12-35-13-7-18)24-19(20)4-3-5-21(24)26/h3-5,15,18,34H,2,6-14,16-17H2,1H3. The average Bonchev–Trinajstić information content (AvgIpc) is 3.50. The summed E-state index contributed by atoms with van der Waals surface area (Å²) >= 11 is 6.63. The summed E-state index contributed by atoms with van der Waals surface area (Å²) < 4.78 is 13.4. The van der Waals surface area contributed by atoms with Crippen LogP contribution in [0.4, 0.5) is 0 Å². The van der Waals surface area contributed by atoms with Gasteiger partial charge >= 0.3 is 0 Å². The molecule has 1 N–H and O–H groups in total. The van der Waals surface area contributed by atoms with Gasteiger partial charge in [-0.15, -0.1) is 0 Å². The maximum absolute atomic E-state index is 12.0. The third-order valence-corrected chi connectivity index (χ3v) is 7.43. The topological polar surface area (TPSA) is 100 Å². The number of hydrogen-bond acceptors (Lipinski definition) is 8. The molecule has 0 bridgehead atoms. The SMILES string of the molecule is CCN(O)C(=O)CN1CCN(Cc2nc(-c3cn(CC4CCOCC4)c4c(Cl)cccc34)no2)CC1. The number of piperazine rings is 1. The molecule has 2 aliphatic rings. The van der Waals surface area contributed by atoms with Gasteiger partial charge < -0.3 is 13.8 Å². The quantitative estimate of drug-likeness (QED) is 0.360. The molecule has 10 nitrogen and oxygen atoms in total. The molecule has 0 unspecified atom stereocenters. The molecule has 36 heavy (non-hydrogen) atoms. The number of halogens is 1. The van der Waals surface area contributed by atoms with E-state index in [9.17, 15) is 10.0 Å². The second-order valence-corrected chi connectivity index (χ2v) is 9.97. The lowest BCUT2D eigenvalue weighted by Gasteiger charge is -2.33. The molecule has 0 spiro atoms. The highest BCUT2D eigenvalue weighted by atomic mass is 35.5. The third kappa shape index (κ3) is 5.57. The molecule has 2 fully saturated rings. The van der Waals surface area contributed by atoms with Crippen LogP contribution in [0.2, 0.25) is 5.02 Å². The average molecular weight is 517 g/mol. The highest BCUT2D eigenvalue weighted by molar-refractivity contribution is 6.35. The zero-order valence-electron chi connectivity index (χ0n) is 20.6. The molecule has 4 heterocycles. The van der Waals surface area contributed by atoms with Crippen molar-refractivity contribution in [3.05, 3.63) is 35.3 Å². The van der Waals surface area contributed by atoms with Gasteiger partial charge in [0.05, 0.1) is 23.6 Å². The molecular weight excluding hydrogens is 484 g/mol. The highest BCUT2D eigenvalue weighted by Gasteiger charge is 2.24. The van der Waals surface area contributed by atoms with Crippen LogP contribution >= 0.6 is 11.6 Å². The Hall–Kier alpha value is -2.50. The number of rotatable bonds is 8. The van der Waals surface area contributed by atoms with Gasteiger partial charge in [0.2, 0.25) is 11.7 Å². The number of para-hydroxylation sites is 1. The van der Waals surface area contributed by atoms with Crippen molar-refractivity contribution in [1.29, 1.82) is 0 Å². The number of benzene rings is 1. The summed E-state index contributed by atoms with van der Waals surface area (Å²) in [4.78, 5) is 21.0. The molecule has 2 saturated heterocycles. The summed E-state index contributed by atoms with van der Waals surface area (Å²) in [5.41, 5.74) is 1.92. The van der Waals surface area contributed by atoms with E-state index < -0.39 is 0 Å². The largest absolute Gasteiger partial charge is 0.381 e. The summed E-state index contributed by atoms with van der Waals surface area (Å²) in [6.45, 7) is 8.35. The maximum Gasteiger partial charge on any atom is 0.260 e.